The fourth-order valence-corrected chi connectivity index (χ4v) is 2.99. The number of carbonyl (C=O) groups excluding carboxylic acids is 2. The predicted octanol–water partition coefficient (Wildman–Crippen LogP) is 3.45. The summed E-state index contributed by atoms with van der Waals surface area (Å²) in [4.78, 5) is 27.0. The number of hydrogen-bond acceptors (Lipinski definition) is 2. The second kappa shape index (κ2) is 7.97. The third-order valence-electron chi connectivity index (χ3n) is 4.55. The van der Waals surface area contributed by atoms with Crippen LogP contribution in [0.1, 0.15) is 43.4 Å². The van der Waals surface area contributed by atoms with Crippen LogP contribution in [0.25, 0.3) is 0 Å². The maximum absolute atomic E-state index is 12.7. The van der Waals surface area contributed by atoms with Crippen molar-refractivity contribution in [3.05, 3.63) is 71.8 Å². The Kier molecular flexibility index (Phi) is 5.49. The van der Waals surface area contributed by atoms with Crippen molar-refractivity contribution in [2.45, 2.75) is 44.8 Å². The van der Waals surface area contributed by atoms with Crippen molar-refractivity contribution in [2.24, 2.45) is 0 Å². The second-order valence-electron chi connectivity index (χ2n) is 6.49. The molecule has 0 bridgehead atoms. The Morgan fingerprint density at radius 1 is 1.04 bits per heavy atom. The van der Waals surface area contributed by atoms with Crippen LogP contribution in [-0.4, -0.2) is 22.8 Å². The lowest BCUT2D eigenvalue weighted by Crippen LogP contribution is -2.44. The summed E-state index contributed by atoms with van der Waals surface area (Å²) in [7, 11) is 0. The standard InChI is InChI=1S/C21H24N2O2/c1-2-19(17-11-7-4-8-12-17)22-20(24)21(25)23(18-13-14-18)15-16-9-5-3-6-10-16/h3-12,18-19H,2,13-15H2,1H3,(H,22,24). The van der Waals surface area contributed by atoms with Gasteiger partial charge in [-0.1, -0.05) is 67.6 Å². The molecule has 1 N–H and O–H groups in total. The van der Waals surface area contributed by atoms with Crippen molar-refractivity contribution in [3.63, 3.8) is 0 Å². The molecule has 4 nitrogen and oxygen atoms in total. The molecule has 2 aromatic rings. The van der Waals surface area contributed by atoms with Crippen LogP contribution in [-0.2, 0) is 16.1 Å². The zero-order chi connectivity index (χ0) is 17.6. The van der Waals surface area contributed by atoms with Gasteiger partial charge in [0.15, 0.2) is 0 Å². The van der Waals surface area contributed by atoms with Crippen LogP contribution < -0.4 is 5.32 Å². The Morgan fingerprint density at radius 3 is 2.20 bits per heavy atom. The number of rotatable bonds is 6. The van der Waals surface area contributed by atoms with Gasteiger partial charge in [-0.3, -0.25) is 9.59 Å². The molecule has 1 unspecified atom stereocenters. The zero-order valence-corrected chi connectivity index (χ0v) is 14.5. The fraction of sp³-hybridized carbons (Fsp3) is 0.333. The Morgan fingerprint density at radius 2 is 1.64 bits per heavy atom. The van der Waals surface area contributed by atoms with Crippen LogP contribution in [0.15, 0.2) is 60.7 Å². The lowest BCUT2D eigenvalue weighted by Gasteiger charge is -2.24. The SMILES string of the molecule is CCC(NC(=O)C(=O)N(Cc1ccccc1)C1CC1)c1ccccc1. The van der Waals surface area contributed by atoms with Crippen molar-refractivity contribution in [2.75, 3.05) is 0 Å². The number of amides is 2. The number of benzene rings is 2. The first-order valence-corrected chi connectivity index (χ1v) is 8.89. The summed E-state index contributed by atoms with van der Waals surface area (Å²) >= 11 is 0. The minimum atomic E-state index is -0.515. The molecule has 0 spiro atoms. The van der Waals surface area contributed by atoms with E-state index in [2.05, 4.69) is 5.32 Å². The predicted molar refractivity (Wildman–Crippen MR) is 97.6 cm³/mol. The molecule has 1 aliphatic carbocycles. The normalized spacial score (nSPS) is 14.6. The van der Waals surface area contributed by atoms with Crippen LogP contribution in [0, 0.1) is 0 Å². The Labute approximate surface area is 148 Å². The van der Waals surface area contributed by atoms with E-state index in [-0.39, 0.29) is 12.1 Å². The number of carbonyl (C=O) groups is 2. The summed E-state index contributed by atoms with van der Waals surface area (Å²) in [5, 5.41) is 2.90. The molecule has 0 aliphatic heterocycles. The van der Waals surface area contributed by atoms with E-state index in [9.17, 15) is 9.59 Å². The zero-order valence-electron chi connectivity index (χ0n) is 14.5. The van der Waals surface area contributed by atoms with Crippen LogP contribution in [0.4, 0.5) is 0 Å². The van der Waals surface area contributed by atoms with Crippen LogP contribution in [0.3, 0.4) is 0 Å². The molecule has 0 saturated heterocycles. The monoisotopic (exact) mass is 336 g/mol. The Bertz CT molecular complexity index is 711. The third-order valence-corrected chi connectivity index (χ3v) is 4.55. The van der Waals surface area contributed by atoms with Gasteiger partial charge in [-0.2, -0.15) is 0 Å². The maximum Gasteiger partial charge on any atom is 0.312 e. The number of nitrogens with zero attached hydrogens (tertiary/aromatic N) is 1. The van der Waals surface area contributed by atoms with Gasteiger partial charge in [0.05, 0.1) is 6.04 Å². The molecule has 4 heteroatoms. The lowest BCUT2D eigenvalue weighted by atomic mass is 10.0. The molecule has 1 aliphatic rings. The summed E-state index contributed by atoms with van der Waals surface area (Å²) < 4.78 is 0. The highest BCUT2D eigenvalue weighted by Crippen LogP contribution is 2.28. The summed E-state index contributed by atoms with van der Waals surface area (Å²) in [6.45, 7) is 2.49. The molecule has 1 atom stereocenters. The molecular formula is C21H24N2O2. The van der Waals surface area contributed by atoms with Gasteiger partial charge in [0.25, 0.3) is 0 Å². The first-order chi connectivity index (χ1) is 12.2. The summed E-state index contributed by atoms with van der Waals surface area (Å²) in [5.74, 6) is -0.945. The average molecular weight is 336 g/mol. The lowest BCUT2D eigenvalue weighted by molar-refractivity contribution is -0.147. The quantitative estimate of drug-likeness (QED) is 0.822. The molecule has 2 amide bonds. The van der Waals surface area contributed by atoms with Gasteiger partial charge in [-0.25, -0.2) is 0 Å². The largest absolute Gasteiger partial charge is 0.341 e. The van der Waals surface area contributed by atoms with Crippen molar-refractivity contribution < 1.29 is 9.59 Å². The number of nitrogens with one attached hydrogen (secondary N) is 1. The Hall–Kier alpha value is -2.62. The molecule has 0 radical (unpaired) electrons. The van der Waals surface area contributed by atoms with Gasteiger partial charge in [-0.05, 0) is 30.4 Å². The first kappa shape index (κ1) is 17.2. The molecule has 1 fully saturated rings. The summed E-state index contributed by atoms with van der Waals surface area (Å²) in [6.07, 6.45) is 2.69. The summed E-state index contributed by atoms with van der Waals surface area (Å²) in [5.41, 5.74) is 2.07. The maximum atomic E-state index is 12.7. The van der Waals surface area contributed by atoms with Gasteiger partial charge in [0.2, 0.25) is 0 Å². The van der Waals surface area contributed by atoms with Crippen molar-refractivity contribution in [1.82, 2.24) is 10.2 Å². The van der Waals surface area contributed by atoms with Gasteiger partial charge >= 0.3 is 11.8 Å². The van der Waals surface area contributed by atoms with Gasteiger partial charge in [0.1, 0.15) is 0 Å². The van der Waals surface area contributed by atoms with E-state index in [1.807, 2.05) is 67.6 Å². The van der Waals surface area contributed by atoms with E-state index >= 15 is 0 Å². The molecule has 0 aromatic heterocycles. The third kappa shape index (κ3) is 4.47. The average Bonchev–Trinajstić information content (AvgIpc) is 3.50. The second-order valence-corrected chi connectivity index (χ2v) is 6.49. The molecule has 3 rings (SSSR count). The fourth-order valence-electron chi connectivity index (χ4n) is 2.99. The van der Waals surface area contributed by atoms with E-state index in [0.29, 0.717) is 6.54 Å². The van der Waals surface area contributed by atoms with Gasteiger partial charge in [0, 0.05) is 12.6 Å². The minimum Gasteiger partial charge on any atom is -0.341 e. The molecule has 1 saturated carbocycles. The summed E-state index contributed by atoms with van der Waals surface area (Å²) in [6, 6.07) is 19.6. The first-order valence-electron chi connectivity index (χ1n) is 8.89. The van der Waals surface area contributed by atoms with Gasteiger partial charge < -0.3 is 10.2 Å². The van der Waals surface area contributed by atoms with Gasteiger partial charge in [-0.15, -0.1) is 0 Å². The van der Waals surface area contributed by atoms with Crippen LogP contribution in [0.5, 0.6) is 0 Å². The Balaban J connectivity index is 1.68. The van der Waals surface area contributed by atoms with E-state index < -0.39 is 11.8 Å². The van der Waals surface area contributed by atoms with Crippen LogP contribution in [0.2, 0.25) is 0 Å². The van der Waals surface area contributed by atoms with E-state index in [4.69, 9.17) is 0 Å². The highest BCUT2D eigenvalue weighted by molar-refractivity contribution is 6.35. The van der Waals surface area contributed by atoms with Crippen molar-refractivity contribution in [3.8, 4) is 0 Å². The smallest absolute Gasteiger partial charge is 0.312 e. The van der Waals surface area contributed by atoms with E-state index in [1.165, 1.54) is 0 Å². The highest BCUT2D eigenvalue weighted by atomic mass is 16.2. The van der Waals surface area contributed by atoms with Crippen molar-refractivity contribution in [1.29, 1.82) is 0 Å². The molecule has 130 valence electrons. The molecular weight excluding hydrogens is 312 g/mol. The van der Waals surface area contributed by atoms with Crippen molar-refractivity contribution >= 4 is 11.8 Å². The number of hydrogen-bond donors (Lipinski definition) is 1. The molecule has 0 heterocycles. The minimum absolute atomic E-state index is 0.143. The van der Waals surface area contributed by atoms with Crippen LogP contribution >= 0.6 is 0 Å². The van der Waals surface area contributed by atoms with E-state index in [1.54, 1.807) is 4.90 Å². The molecule has 2 aromatic carbocycles. The topological polar surface area (TPSA) is 49.4 Å². The highest BCUT2D eigenvalue weighted by Gasteiger charge is 2.36. The molecule has 25 heavy (non-hydrogen) atoms. The van der Waals surface area contributed by atoms with E-state index in [0.717, 1.165) is 30.4 Å².